The molecule has 0 amide bonds. The number of aromatic hydroxyl groups is 1. The van der Waals surface area contributed by atoms with E-state index in [-0.39, 0.29) is 30.3 Å². The molecule has 0 radical (unpaired) electrons. The number of rotatable bonds is 6. The van der Waals surface area contributed by atoms with E-state index in [2.05, 4.69) is 0 Å². The summed E-state index contributed by atoms with van der Waals surface area (Å²) in [7, 11) is 0. The highest BCUT2D eigenvalue weighted by Gasteiger charge is 2.08. The SMILES string of the molecule is CCC(=O)c1ccc(OCCC(=O)O)c(O)c1. The topological polar surface area (TPSA) is 83.8 Å². The molecule has 0 saturated heterocycles. The molecule has 0 heterocycles. The van der Waals surface area contributed by atoms with Crippen molar-refractivity contribution in [3.05, 3.63) is 23.8 Å². The van der Waals surface area contributed by atoms with Crippen molar-refractivity contribution in [3.63, 3.8) is 0 Å². The molecule has 5 nitrogen and oxygen atoms in total. The Kier molecular flexibility index (Phi) is 4.51. The Morgan fingerprint density at radius 3 is 2.59 bits per heavy atom. The van der Waals surface area contributed by atoms with Crippen molar-refractivity contribution >= 4 is 11.8 Å². The van der Waals surface area contributed by atoms with Crippen LogP contribution in [-0.2, 0) is 4.79 Å². The molecule has 0 spiro atoms. The maximum Gasteiger partial charge on any atom is 0.306 e. The first kappa shape index (κ1) is 13.0. The summed E-state index contributed by atoms with van der Waals surface area (Å²) in [4.78, 5) is 21.6. The highest BCUT2D eigenvalue weighted by atomic mass is 16.5. The molecule has 5 heteroatoms. The fourth-order valence-electron chi connectivity index (χ4n) is 1.27. The monoisotopic (exact) mass is 238 g/mol. The number of carboxylic acid groups (broad SMARTS) is 1. The zero-order chi connectivity index (χ0) is 12.8. The summed E-state index contributed by atoms with van der Waals surface area (Å²) in [5, 5.41) is 18.0. The van der Waals surface area contributed by atoms with Gasteiger partial charge >= 0.3 is 5.97 Å². The Labute approximate surface area is 98.6 Å². The number of hydrogen-bond acceptors (Lipinski definition) is 4. The van der Waals surface area contributed by atoms with Crippen LogP contribution < -0.4 is 4.74 Å². The molecule has 1 rings (SSSR count). The van der Waals surface area contributed by atoms with Crippen LogP contribution in [0.3, 0.4) is 0 Å². The van der Waals surface area contributed by atoms with E-state index in [1.807, 2.05) is 0 Å². The molecular formula is C12H14O5. The predicted molar refractivity (Wildman–Crippen MR) is 60.5 cm³/mol. The molecule has 17 heavy (non-hydrogen) atoms. The largest absolute Gasteiger partial charge is 0.504 e. The summed E-state index contributed by atoms with van der Waals surface area (Å²) in [6, 6.07) is 4.32. The van der Waals surface area contributed by atoms with Gasteiger partial charge in [-0.3, -0.25) is 9.59 Å². The summed E-state index contributed by atoms with van der Waals surface area (Å²) < 4.78 is 5.07. The van der Waals surface area contributed by atoms with Gasteiger partial charge < -0.3 is 14.9 Å². The Morgan fingerprint density at radius 2 is 2.06 bits per heavy atom. The lowest BCUT2D eigenvalue weighted by molar-refractivity contribution is -0.137. The minimum Gasteiger partial charge on any atom is -0.504 e. The van der Waals surface area contributed by atoms with Crippen LogP contribution in [-0.4, -0.2) is 28.6 Å². The van der Waals surface area contributed by atoms with Gasteiger partial charge in [0.05, 0.1) is 13.0 Å². The van der Waals surface area contributed by atoms with Gasteiger partial charge in [-0.25, -0.2) is 0 Å². The molecule has 0 fully saturated rings. The quantitative estimate of drug-likeness (QED) is 0.739. The van der Waals surface area contributed by atoms with Crippen LogP contribution in [0, 0.1) is 0 Å². The van der Waals surface area contributed by atoms with Gasteiger partial charge in [0.25, 0.3) is 0 Å². The normalized spacial score (nSPS) is 9.94. The molecule has 0 aromatic heterocycles. The maximum atomic E-state index is 11.4. The lowest BCUT2D eigenvalue weighted by atomic mass is 10.1. The summed E-state index contributed by atoms with van der Waals surface area (Å²) in [6.45, 7) is 1.71. The Bertz CT molecular complexity index is 425. The van der Waals surface area contributed by atoms with Gasteiger partial charge in [0.1, 0.15) is 0 Å². The van der Waals surface area contributed by atoms with Crippen LogP contribution >= 0.6 is 0 Å². The Hall–Kier alpha value is -2.04. The minimum absolute atomic E-state index is 0.0238. The molecule has 0 aliphatic heterocycles. The number of ketones is 1. The summed E-state index contributed by atoms with van der Waals surface area (Å²) in [6.07, 6.45) is 0.216. The van der Waals surface area contributed by atoms with Crippen molar-refractivity contribution in [2.45, 2.75) is 19.8 Å². The third kappa shape index (κ3) is 3.79. The van der Waals surface area contributed by atoms with E-state index in [0.717, 1.165) is 0 Å². The third-order valence-electron chi connectivity index (χ3n) is 2.18. The van der Waals surface area contributed by atoms with Crippen LogP contribution in [0.4, 0.5) is 0 Å². The molecule has 0 aliphatic carbocycles. The van der Waals surface area contributed by atoms with Crippen molar-refractivity contribution < 1.29 is 24.5 Å². The number of carbonyl (C=O) groups is 2. The molecule has 0 bridgehead atoms. The number of Topliss-reactive ketones (excluding diaryl/α,β-unsaturated/α-hetero) is 1. The second-order valence-electron chi connectivity index (χ2n) is 3.45. The van der Waals surface area contributed by atoms with Crippen LogP contribution in [0.2, 0.25) is 0 Å². The molecule has 0 atom stereocenters. The smallest absolute Gasteiger partial charge is 0.306 e. The first-order chi connectivity index (χ1) is 8.04. The summed E-state index contributed by atoms with van der Waals surface area (Å²) in [5.41, 5.74) is 0.413. The van der Waals surface area contributed by atoms with Crippen molar-refractivity contribution in [2.24, 2.45) is 0 Å². The standard InChI is InChI=1S/C12H14O5/c1-2-9(13)8-3-4-11(10(14)7-8)17-6-5-12(15)16/h3-4,7,14H,2,5-6H2,1H3,(H,15,16). The number of hydrogen-bond donors (Lipinski definition) is 2. The van der Waals surface area contributed by atoms with E-state index in [4.69, 9.17) is 9.84 Å². The van der Waals surface area contributed by atoms with Crippen molar-refractivity contribution in [1.82, 2.24) is 0 Å². The lowest BCUT2D eigenvalue weighted by Crippen LogP contribution is -2.05. The number of phenols is 1. The van der Waals surface area contributed by atoms with Crippen LogP contribution in [0.1, 0.15) is 30.1 Å². The zero-order valence-electron chi connectivity index (χ0n) is 9.47. The van der Waals surface area contributed by atoms with Crippen molar-refractivity contribution in [3.8, 4) is 11.5 Å². The number of carboxylic acids is 1. The fraction of sp³-hybridized carbons (Fsp3) is 0.333. The molecule has 92 valence electrons. The Balaban J connectivity index is 2.69. The predicted octanol–water partition coefficient (Wildman–Crippen LogP) is 1.84. The minimum atomic E-state index is -0.970. The van der Waals surface area contributed by atoms with E-state index >= 15 is 0 Å². The number of phenolic OH excluding ortho intramolecular Hbond substituents is 1. The highest BCUT2D eigenvalue weighted by molar-refractivity contribution is 5.96. The molecular weight excluding hydrogens is 224 g/mol. The highest BCUT2D eigenvalue weighted by Crippen LogP contribution is 2.27. The number of carbonyl (C=O) groups excluding carboxylic acids is 1. The molecule has 1 aromatic rings. The van der Waals surface area contributed by atoms with E-state index in [1.165, 1.54) is 12.1 Å². The van der Waals surface area contributed by atoms with Gasteiger partial charge in [-0.2, -0.15) is 0 Å². The van der Waals surface area contributed by atoms with Gasteiger partial charge in [-0.15, -0.1) is 0 Å². The second kappa shape index (κ2) is 5.89. The van der Waals surface area contributed by atoms with E-state index in [9.17, 15) is 14.7 Å². The summed E-state index contributed by atoms with van der Waals surface area (Å²) >= 11 is 0. The lowest BCUT2D eigenvalue weighted by Gasteiger charge is -2.07. The fourth-order valence-corrected chi connectivity index (χ4v) is 1.27. The molecule has 2 N–H and O–H groups in total. The molecule has 1 aromatic carbocycles. The van der Waals surface area contributed by atoms with E-state index < -0.39 is 5.97 Å². The first-order valence-corrected chi connectivity index (χ1v) is 5.25. The van der Waals surface area contributed by atoms with E-state index in [0.29, 0.717) is 12.0 Å². The van der Waals surface area contributed by atoms with E-state index in [1.54, 1.807) is 13.0 Å². The van der Waals surface area contributed by atoms with Crippen LogP contribution in [0.25, 0.3) is 0 Å². The number of ether oxygens (including phenoxy) is 1. The van der Waals surface area contributed by atoms with Crippen LogP contribution in [0.15, 0.2) is 18.2 Å². The molecule has 0 saturated carbocycles. The van der Waals surface area contributed by atoms with Gasteiger partial charge in [0, 0.05) is 12.0 Å². The van der Waals surface area contributed by atoms with Gasteiger partial charge in [0.2, 0.25) is 0 Å². The Morgan fingerprint density at radius 1 is 1.35 bits per heavy atom. The van der Waals surface area contributed by atoms with Crippen molar-refractivity contribution in [2.75, 3.05) is 6.61 Å². The third-order valence-corrected chi connectivity index (χ3v) is 2.18. The first-order valence-electron chi connectivity index (χ1n) is 5.25. The maximum absolute atomic E-state index is 11.4. The average Bonchev–Trinajstić information content (AvgIpc) is 2.29. The number of aliphatic carboxylic acids is 1. The molecule has 0 aliphatic rings. The molecule has 0 unspecified atom stereocenters. The van der Waals surface area contributed by atoms with Gasteiger partial charge in [-0.05, 0) is 18.2 Å². The number of benzene rings is 1. The average molecular weight is 238 g/mol. The van der Waals surface area contributed by atoms with Crippen LogP contribution in [0.5, 0.6) is 11.5 Å². The summed E-state index contributed by atoms with van der Waals surface area (Å²) in [5.74, 6) is -1.02. The van der Waals surface area contributed by atoms with Crippen molar-refractivity contribution in [1.29, 1.82) is 0 Å². The zero-order valence-corrected chi connectivity index (χ0v) is 9.47. The van der Waals surface area contributed by atoms with Gasteiger partial charge in [-0.1, -0.05) is 6.92 Å². The second-order valence-corrected chi connectivity index (χ2v) is 3.45. The van der Waals surface area contributed by atoms with Gasteiger partial charge in [0.15, 0.2) is 17.3 Å².